The SMILES string of the molecule is CCNC1CCN(C(C)C(=O)NC(C)C)CC1. The Morgan fingerprint density at radius 1 is 1.29 bits per heavy atom. The molecule has 1 amide bonds. The molecule has 1 rings (SSSR count). The first-order chi connectivity index (χ1) is 8.04. The third-order valence-electron chi connectivity index (χ3n) is 3.38. The number of carbonyl (C=O) groups is 1. The lowest BCUT2D eigenvalue weighted by atomic mass is 10.0. The van der Waals surface area contributed by atoms with Crippen molar-refractivity contribution in [3.05, 3.63) is 0 Å². The Kier molecular flexibility index (Phi) is 5.92. The quantitative estimate of drug-likeness (QED) is 0.754. The van der Waals surface area contributed by atoms with Crippen LogP contribution in [0.4, 0.5) is 0 Å². The maximum Gasteiger partial charge on any atom is 0.237 e. The summed E-state index contributed by atoms with van der Waals surface area (Å²) in [5.74, 6) is 0.155. The number of amides is 1. The number of nitrogens with one attached hydrogen (secondary N) is 2. The lowest BCUT2D eigenvalue weighted by molar-refractivity contribution is -0.126. The topological polar surface area (TPSA) is 44.4 Å². The Bertz CT molecular complexity index is 235. The number of rotatable bonds is 5. The van der Waals surface area contributed by atoms with Gasteiger partial charge in [0, 0.05) is 25.2 Å². The minimum atomic E-state index is -0.0000217. The molecule has 0 aromatic heterocycles. The van der Waals surface area contributed by atoms with Crippen molar-refractivity contribution < 1.29 is 4.79 Å². The standard InChI is InChI=1S/C13H27N3O/c1-5-14-12-6-8-16(9-7-12)11(4)13(17)15-10(2)3/h10-12,14H,5-9H2,1-4H3,(H,15,17). The van der Waals surface area contributed by atoms with Crippen LogP contribution in [0.3, 0.4) is 0 Å². The summed E-state index contributed by atoms with van der Waals surface area (Å²) in [6, 6.07) is 0.862. The van der Waals surface area contributed by atoms with Gasteiger partial charge < -0.3 is 10.6 Å². The summed E-state index contributed by atoms with van der Waals surface area (Å²) < 4.78 is 0. The molecule has 4 heteroatoms. The molecule has 0 spiro atoms. The van der Waals surface area contributed by atoms with Crippen LogP contribution in [-0.2, 0) is 4.79 Å². The van der Waals surface area contributed by atoms with E-state index in [1.165, 1.54) is 0 Å². The second-order valence-corrected chi connectivity index (χ2v) is 5.21. The van der Waals surface area contributed by atoms with Crippen molar-refractivity contribution in [3.63, 3.8) is 0 Å². The van der Waals surface area contributed by atoms with Crippen molar-refractivity contribution in [3.8, 4) is 0 Å². The van der Waals surface area contributed by atoms with E-state index in [-0.39, 0.29) is 18.0 Å². The summed E-state index contributed by atoms with van der Waals surface area (Å²) in [5, 5.41) is 6.46. The maximum atomic E-state index is 11.9. The van der Waals surface area contributed by atoms with Crippen LogP contribution in [0.1, 0.15) is 40.5 Å². The summed E-state index contributed by atoms with van der Waals surface area (Å²) >= 11 is 0. The summed E-state index contributed by atoms with van der Waals surface area (Å²) in [6.45, 7) is 11.2. The fourth-order valence-corrected chi connectivity index (χ4v) is 2.35. The van der Waals surface area contributed by atoms with Gasteiger partial charge in [0.2, 0.25) is 5.91 Å². The first kappa shape index (κ1) is 14.5. The molecule has 1 aliphatic rings. The van der Waals surface area contributed by atoms with Gasteiger partial charge in [-0.2, -0.15) is 0 Å². The Balaban J connectivity index is 2.35. The molecule has 100 valence electrons. The van der Waals surface area contributed by atoms with Crippen molar-refractivity contribution in [2.45, 2.75) is 58.7 Å². The number of nitrogens with zero attached hydrogens (tertiary/aromatic N) is 1. The highest BCUT2D eigenvalue weighted by Crippen LogP contribution is 2.13. The molecule has 1 saturated heterocycles. The third kappa shape index (κ3) is 4.64. The molecule has 1 heterocycles. The molecule has 0 saturated carbocycles. The van der Waals surface area contributed by atoms with E-state index >= 15 is 0 Å². The van der Waals surface area contributed by atoms with Crippen LogP contribution in [0.25, 0.3) is 0 Å². The molecule has 17 heavy (non-hydrogen) atoms. The van der Waals surface area contributed by atoms with Crippen molar-refractivity contribution in [1.82, 2.24) is 15.5 Å². The monoisotopic (exact) mass is 241 g/mol. The van der Waals surface area contributed by atoms with Gasteiger partial charge in [0.05, 0.1) is 6.04 Å². The molecular weight excluding hydrogens is 214 g/mol. The minimum absolute atomic E-state index is 0.0000217. The molecule has 1 fully saturated rings. The van der Waals surface area contributed by atoms with Crippen LogP contribution in [-0.4, -0.2) is 48.6 Å². The van der Waals surface area contributed by atoms with E-state index in [1.807, 2.05) is 20.8 Å². The first-order valence-electron chi connectivity index (χ1n) is 6.82. The predicted octanol–water partition coefficient (Wildman–Crippen LogP) is 0.973. The Hall–Kier alpha value is -0.610. The van der Waals surface area contributed by atoms with E-state index in [2.05, 4.69) is 22.5 Å². The van der Waals surface area contributed by atoms with E-state index in [0.717, 1.165) is 32.5 Å². The van der Waals surface area contributed by atoms with Gasteiger partial charge in [-0.05, 0) is 40.2 Å². The van der Waals surface area contributed by atoms with Crippen molar-refractivity contribution in [2.24, 2.45) is 0 Å². The van der Waals surface area contributed by atoms with Crippen LogP contribution in [0.15, 0.2) is 0 Å². The minimum Gasteiger partial charge on any atom is -0.353 e. The second kappa shape index (κ2) is 6.97. The Labute approximate surface area is 105 Å². The van der Waals surface area contributed by atoms with E-state index in [4.69, 9.17) is 0 Å². The van der Waals surface area contributed by atoms with Crippen molar-refractivity contribution >= 4 is 5.91 Å². The van der Waals surface area contributed by atoms with E-state index < -0.39 is 0 Å². The van der Waals surface area contributed by atoms with Gasteiger partial charge in [-0.25, -0.2) is 0 Å². The summed E-state index contributed by atoms with van der Waals surface area (Å²) in [5.41, 5.74) is 0. The molecular formula is C13H27N3O. The number of hydrogen-bond donors (Lipinski definition) is 2. The molecule has 4 nitrogen and oxygen atoms in total. The van der Waals surface area contributed by atoms with Crippen molar-refractivity contribution in [1.29, 1.82) is 0 Å². The summed E-state index contributed by atoms with van der Waals surface area (Å²) in [7, 11) is 0. The molecule has 1 atom stereocenters. The molecule has 0 radical (unpaired) electrons. The summed E-state index contributed by atoms with van der Waals surface area (Å²) in [6.07, 6.45) is 2.29. The molecule has 0 aliphatic carbocycles. The molecule has 1 aliphatic heterocycles. The number of hydrogen-bond acceptors (Lipinski definition) is 3. The molecule has 0 aromatic carbocycles. The smallest absolute Gasteiger partial charge is 0.237 e. The van der Waals surface area contributed by atoms with Crippen LogP contribution in [0.5, 0.6) is 0 Å². The van der Waals surface area contributed by atoms with E-state index in [0.29, 0.717) is 6.04 Å². The van der Waals surface area contributed by atoms with Gasteiger partial charge in [-0.3, -0.25) is 9.69 Å². The zero-order valence-corrected chi connectivity index (χ0v) is 11.6. The largest absolute Gasteiger partial charge is 0.353 e. The van der Waals surface area contributed by atoms with Gasteiger partial charge in [-0.15, -0.1) is 0 Å². The van der Waals surface area contributed by atoms with E-state index in [1.54, 1.807) is 0 Å². The maximum absolute atomic E-state index is 11.9. The van der Waals surface area contributed by atoms with Gasteiger partial charge in [-0.1, -0.05) is 6.92 Å². The zero-order chi connectivity index (χ0) is 12.8. The summed E-state index contributed by atoms with van der Waals surface area (Å²) in [4.78, 5) is 14.2. The first-order valence-corrected chi connectivity index (χ1v) is 6.82. The Morgan fingerprint density at radius 3 is 2.35 bits per heavy atom. The van der Waals surface area contributed by atoms with Crippen LogP contribution in [0.2, 0.25) is 0 Å². The van der Waals surface area contributed by atoms with Gasteiger partial charge in [0.15, 0.2) is 0 Å². The molecule has 0 aromatic rings. The van der Waals surface area contributed by atoms with Gasteiger partial charge >= 0.3 is 0 Å². The lowest BCUT2D eigenvalue weighted by Crippen LogP contribution is -2.51. The molecule has 2 N–H and O–H groups in total. The highest BCUT2D eigenvalue weighted by Gasteiger charge is 2.26. The molecule has 0 bridgehead atoms. The highest BCUT2D eigenvalue weighted by atomic mass is 16.2. The molecule has 1 unspecified atom stereocenters. The zero-order valence-electron chi connectivity index (χ0n) is 11.6. The van der Waals surface area contributed by atoms with Crippen LogP contribution < -0.4 is 10.6 Å². The number of carbonyl (C=O) groups excluding carboxylic acids is 1. The van der Waals surface area contributed by atoms with Crippen LogP contribution in [0, 0.1) is 0 Å². The number of piperidine rings is 1. The van der Waals surface area contributed by atoms with Gasteiger partial charge in [0.25, 0.3) is 0 Å². The fourth-order valence-electron chi connectivity index (χ4n) is 2.35. The van der Waals surface area contributed by atoms with Gasteiger partial charge in [0.1, 0.15) is 0 Å². The third-order valence-corrected chi connectivity index (χ3v) is 3.38. The normalized spacial score (nSPS) is 20.5. The van der Waals surface area contributed by atoms with E-state index in [9.17, 15) is 4.79 Å². The average molecular weight is 241 g/mol. The fraction of sp³-hybridized carbons (Fsp3) is 0.923. The average Bonchev–Trinajstić information content (AvgIpc) is 2.28. The van der Waals surface area contributed by atoms with Crippen LogP contribution >= 0.6 is 0 Å². The second-order valence-electron chi connectivity index (χ2n) is 5.21. The lowest BCUT2D eigenvalue weighted by Gasteiger charge is -2.35. The highest BCUT2D eigenvalue weighted by molar-refractivity contribution is 5.81. The predicted molar refractivity (Wildman–Crippen MR) is 71.0 cm³/mol. The number of likely N-dealkylation sites (tertiary alicyclic amines) is 1. The van der Waals surface area contributed by atoms with Crippen molar-refractivity contribution in [2.75, 3.05) is 19.6 Å². The Morgan fingerprint density at radius 2 is 1.88 bits per heavy atom.